The van der Waals surface area contributed by atoms with Gasteiger partial charge in [0.15, 0.2) is 6.10 Å². The molecule has 1 rings (SSSR count). The maximum absolute atomic E-state index is 10.8. The van der Waals surface area contributed by atoms with E-state index in [2.05, 4.69) is 0 Å². The fourth-order valence-electron chi connectivity index (χ4n) is 1.49. The summed E-state index contributed by atoms with van der Waals surface area (Å²) in [5, 5.41) is 18.5. The Kier molecular flexibility index (Phi) is 3.99. The van der Waals surface area contributed by atoms with E-state index in [1.807, 2.05) is 30.5 Å². The number of carbonyl (C=O) groups is 1. The Morgan fingerprint density at radius 3 is 2.56 bits per heavy atom. The monoisotopic (exact) mass is 240 g/mol. The molecule has 2 N–H and O–H groups in total. The first-order chi connectivity index (χ1) is 7.39. The summed E-state index contributed by atoms with van der Waals surface area (Å²) in [5.74, 6) is -1.19. The number of aliphatic hydroxyl groups is 1. The fourth-order valence-corrected chi connectivity index (χ4v) is 1.95. The van der Waals surface area contributed by atoms with E-state index >= 15 is 0 Å². The number of aliphatic hydroxyl groups excluding tert-OH is 1. The topological polar surface area (TPSA) is 57.5 Å². The molecule has 0 radical (unpaired) electrons. The molecule has 0 saturated heterocycles. The molecule has 88 valence electrons. The van der Waals surface area contributed by atoms with E-state index in [0.717, 1.165) is 10.5 Å². The first kappa shape index (κ1) is 13.1. The second-order valence-corrected chi connectivity index (χ2v) is 5.07. The molecule has 4 heteroatoms. The summed E-state index contributed by atoms with van der Waals surface area (Å²) in [6, 6.07) is 7.58. The fraction of sp³-hybridized carbons (Fsp3) is 0.417. The summed E-state index contributed by atoms with van der Waals surface area (Å²) in [6.45, 7) is 3.45. The van der Waals surface area contributed by atoms with Gasteiger partial charge in [0.25, 0.3) is 0 Å². The Morgan fingerprint density at radius 1 is 1.44 bits per heavy atom. The van der Waals surface area contributed by atoms with E-state index < -0.39 is 17.5 Å². The van der Waals surface area contributed by atoms with Crippen LogP contribution in [-0.4, -0.2) is 28.5 Å². The molecule has 1 unspecified atom stereocenters. The highest BCUT2D eigenvalue weighted by Gasteiger charge is 2.35. The molecular formula is C12H16O3S. The van der Waals surface area contributed by atoms with Crippen LogP contribution in [0.4, 0.5) is 0 Å². The lowest BCUT2D eigenvalue weighted by Gasteiger charge is -2.28. The van der Waals surface area contributed by atoms with E-state index in [-0.39, 0.29) is 0 Å². The lowest BCUT2D eigenvalue weighted by Crippen LogP contribution is -2.39. The third-order valence-corrected chi connectivity index (χ3v) is 3.46. The normalized spacial score (nSPS) is 13.5. The molecule has 0 heterocycles. The van der Waals surface area contributed by atoms with Gasteiger partial charge >= 0.3 is 5.97 Å². The summed E-state index contributed by atoms with van der Waals surface area (Å²) < 4.78 is 0. The van der Waals surface area contributed by atoms with Crippen LogP contribution in [0.1, 0.15) is 19.4 Å². The minimum absolute atomic E-state index is 0.794. The predicted molar refractivity (Wildman–Crippen MR) is 64.9 cm³/mol. The number of rotatable bonds is 4. The van der Waals surface area contributed by atoms with Crippen LogP contribution in [-0.2, 0) is 10.2 Å². The van der Waals surface area contributed by atoms with Gasteiger partial charge in [0.05, 0.1) is 0 Å². The number of hydrogen-bond donors (Lipinski definition) is 2. The second-order valence-electron chi connectivity index (χ2n) is 4.19. The molecule has 1 aromatic rings. The van der Waals surface area contributed by atoms with Gasteiger partial charge in [-0.2, -0.15) is 0 Å². The highest BCUT2D eigenvalue weighted by atomic mass is 32.2. The van der Waals surface area contributed by atoms with Gasteiger partial charge in [0, 0.05) is 10.3 Å². The highest BCUT2D eigenvalue weighted by Crippen LogP contribution is 2.29. The van der Waals surface area contributed by atoms with E-state index in [1.54, 1.807) is 25.6 Å². The van der Waals surface area contributed by atoms with Gasteiger partial charge in [0.1, 0.15) is 0 Å². The van der Waals surface area contributed by atoms with Crippen molar-refractivity contribution < 1.29 is 15.0 Å². The van der Waals surface area contributed by atoms with Gasteiger partial charge in [-0.15, -0.1) is 11.8 Å². The molecule has 1 aromatic carbocycles. The second kappa shape index (κ2) is 4.89. The van der Waals surface area contributed by atoms with Crippen LogP contribution in [0.15, 0.2) is 29.2 Å². The van der Waals surface area contributed by atoms with Gasteiger partial charge in [-0.3, -0.25) is 0 Å². The predicted octanol–water partition coefficient (Wildman–Crippen LogP) is 2.13. The molecule has 16 heavy (non-hydrogen) atoms. The van der Waals surface area contributed by atoms with Crippen molar-refractivity contribution >= 4 is 17.7 Å². The smallest absolute Gasteiger partial charge is 0.333 e. The quantitative estimate of drug-likeness (QED) is 0.792. The molecule has 0 fully saturated rings. The van der Waals surface area contributed by atoms with Gasteiger partial charge in [-0.1, -0.05) is 26.0 Å². The van der Waals surface area contributed by atoms with Crippen molar-refractivity contribution in [2.45, 2.75) is 30.3 Å². The van der Waals surface area contributed by atoms with Crippen LogP contribution in [0, 0.1) is 0 Å². The zero-order valence-corrected chi connectivity index (χ0v) is 10.4. The number of benzene rings is 1. The van der Waals surface area contributed by atoms with Crippen molar-refractivity contribution in [3.05, 3.63) is 29.8 Å². The molecular weight excluding hydrogens is 224 g/mol. The average molecular weight is 240 g/mol. The highest BCUT2D eigenvalue weighted by molar-refractivity contribution is 7.98. The SMILES string of the molecule is CSc1cccc(C(C)(C)C(O)C(=O)O)c1. The largest absolute Gasteiger partial charge is 0.479 e. The minimum atomic E-state index is -1.40. The summed E-state index contributed by atoms with van der Waals surface area (Å²) in [4.78, 5) is 11.9. The Balaban J connectivity index is 3.10. The first-order valence-corrected chi connectivity index (χ1v) is 6.17. The Bertz CT molecular complexity index is 388. The van der Waals surface area contributed by atoms with Crippen LogP contribution in [0.25, 0.3) is 0 Å². The number of hydrogen-bond acceptors (Lipinski definition) is 3. The summed E-state index contributed by atoms with van der Waals surface area (Å²) in [5.41, 5.74) is 0.0339. The van der Waals surface area contributed by atoms with Crippen LogP contribution in [0.3, 0.4) is 0 Å². The maximum atomic E-state index is 10.8. The molecule has 0 bridgehead atoms. The van der Waals surface area contributed by atoms with Crippen molar-refractivity contribution in [2.24, 2.45) is 0 Å². The van der Waals surface area contributed by atoms with Crippen molar-refractivity contribution in [3.63, 3.8) is 0 Å². The maximum Gasteiger partial charge on any atom is 0.333 e. The van der Waals surface area contributed by atoms with Crippen LogP contribution < -0.4 is 0 Å². The van der Waals surface area contributed by atoms with Crippen LogP contribution in [0.5, 0.6) is 0 Å². The molecule has 0 aliphatic rings. The Labute approximate surface area is 99.5 Å². The van der Waals surface area contributed by atoms with Crippen molar-refractivity contribution in [2.75, 3.05) is 6.26 Å². The third kappa shape index (κ3) is 2.57. The van der Waals surface area contributed by atoms with Gasteiger partial charge in [-0.25, -0.2) is 4.79 Å². The lowest BCUT2D eigenvalue weighted by molar-refractivity contribution is -0.150. The Hall–Kier alpha value is -1.00. The molecule has 0 aliphatic heterocycles. The van der Waals surface area contributed by atoms with E-state index in [0.29, 0.717) is 0 Å². The Morgan fingerprint density at radius 2 is 2.06 bits per heavy atom. The summed E-state index contributed by atoms with van der Waals surface area (Å²) in [7, 11) is 0. The third-order valence-electron chi connectivity index (χ3n) is 2.73. The number of thioether (sulfide) groups is 1. The van der Waals surface area contributed by atoms with E-state index in [4.69, 9.17) is 5.11 Å². The zero-order valence-electron chi connectivity index (χ0n) is 9.60. The van der Waals surface area contributed by atoms with E-state index in [1.165, 1.54) is 0 Å². The minimum Gasteiger partial charge on any atom is -0.479 e. The molecule has 0 amide bonds. The van der Waals surface area contributed by atoms with Crippen LogP contribution in [0.2, 0.25) is 0 Å². The molecule has 0 aliphatic carbocycles. The summed E-state index contributed by atoms with van der Waals surface area (Å²) >= 11 is 1.59. The first-order valence-electron chi connectivity index (χ1n) is 4.95. The van der Waals surface area contributed by atoms with Crippen molar-refractivity contribution in [1.82, 2.24) is 0 Å². The number of carboxylic acids is 1. The number of carboxylic acid groups (broad SMARTS) is 1. The van der Waals surface area contributed by atoms with Crippen LogP contribution >= 0.6 is 11.8 Å². The van der Waals surface area contributed by atoms with Gasteiger partial charge in [-0.05, 0) is 24.0 Å². The number of aliphatic carboxylic acids is 1. The van der Waals surface area contributed by atoms with Gasteiger partial charge < -0.3 is 10.2 Å². The molecule has 1 atom stereocenters. The molecule has 0 aromatic heterocycles. The lowest BCUT2D eigenvalue weighted by atomic mass is 9.79. The van der Waals surface area contributed by atoms with Gasteiger partial charge in [0.2, 0.25) is 0 Å². The summed E-state index contributed by atoms with van der Waals surface area (Å²) in [6.07, 6.45) is 0.560. The molecule has 3 nitrogen and oxygen atoms in total. The molecule has 0 spiro atoms. The van der Waals surface area contributed by atoms with Crippen molar-refractivity contribution in [3.8, 4) is 0 Å². The molecule has 0 saturated carbocycles. The standard InChI is InChI=1S/C12H16O3S/c1-12(2,10(13)11(14)15)8-5-4-6-9(7-8)16-3/h4-7,10,13H,1-3H3,(H,14,15). The average Bonchev–Trinajstić information content (AvgIpc) is 2.27. The van der Waals surface area contributed by atoms with E-state index in [9.17, 15) is 9.90 Å². The van der Waals surface area contributed by atoms with Crippen molar-refractivity contribution in [1.29, 1.82) is 0 Å². The zero-order chi connectivity index (χ0) is 12.3.